The van der Waals surface area contributed by atoms with Crippen LogP contribution in [0.15, 0.2) is 23.8 Å². The highest BCUT2D eigenvalue weighted by Gasteiger charge is 2.38. The van der Waals surface area contributed by atoms with Crippen LogP contribution in [0.3, 0.4) is 0 Å². The number of allylic oxidation sites excluding steroid dienone is 3. The van der Waals surface area contributed by atoms with Crippen LogP contribution < -0.4 is 0 Å². The van der Waals surface area contributed by atoms with Crippen LogP contribution >= 0.6 is 0 Å². The third-order valence-electron chi connectivity index (χ3n) is 5.41. The van der Waals surface area contributed by atoms with Crippen molar-refractivity contribution < 1.29 is 25.2 Å². The van der Waals surface area contributed by atoms with E-state index in [2.05, 4.69) is 32.1 Å². The number of aliphatic hydroxyl groups is 3. The Morgan fingerprint density at radius 3 is 2.67 bits per heavy atom. The third kappa shape index (κ3) is 4.91. The normalized spacial score (nSPS) is 35.0. The molecule has 0 saturated carbocycles. The molecule has 2 aliphatic rings. The molecule has 0 radical (unpaired) electrons. The van der Waals surface area contributed by atoms with Crippen molar-refractivity contribution in [3.63, 3.8) is 0 Å². The van der Waals surface area contributed by atoms with Crippen LogP contribution in [-0.2, 0) is 4.79 Å². The fourth-order valence-corrected chi connectivity index (χ4v) is 4.23. The lowest BCUT2D eigenvalue weighted by molar-refractivity contribution is -0.139. The molecular weight excluding hydrogens is 308 g/mol. The van der Waals surface area contributed by atoms with E-state index in [4.69, 9.17) is 5.11 Å². The first kappa shape index (κ1) is 19.2. The standard InChI is InChI=1S/C19H30O5/c1-11-7-13-4-3-12(2)16(19(13)17(22)8-11)6-5-14(20)9-15(21)10-18(23)24/h3-4,7,11-12,14-17,19-22H,5-6,8-10H2,1-2H3,(H,23,24)/t11-,12-,14+,15+,16-,17-,19?/m0/s1. The first-order valence-electron chi connectivity index (χ1n) is 8.93. The Bertz CT molecular complexity index is 498. The number of carboxylic acids is 1. The van der Waals surface area contributed by atoms with Gasteiger partial charge in [-0.1, -0.05) is 32.1 Å². The number of carbonyl (C=O) groups is 1. The van der Waals surface area contributed by atoms with Gasteiger partial charge < -0.3 is 20.4 Å². The SMILES string of the molecule is C[C@H]1C=C2C=C[C@H](C)[C@H](CC[C@@H](O)C[C@@H](O)CC(=O)O)C2[C@@H](O)C1. The molecule has 5 nitrogen and oxygen atoms in total. The number of fused-ring (bicyclic) bond motifs is 1. The molecule has 0 aliphatic heterocycles. The monoisotopic (exact) mass is 338 g/mol. The Morgan fingerprint density at radius 2 is 2.00 bits per heavy atom. The summed E-state index contributed by atoms with van der Waals surface area (Å²) in [5, 5.41) is 38.9. The van der Waals surface area contributed by atoms with E-state index >= 15 is 0 Å². The molecular formula is C19H30O5. The largest absolute Gasteiger partial charge is 0.481 e. The number of rotatable bonds is 7. The summed E-state index contributed by atoms with van der Waals surface area (Å²) in [5.41, 5.74) is 1.20. The summed E-state index contributed by atoms with van der Waals surface area (Å²) < 4.78 is 0. The molecule has 0 fully saturated rings. The van der Waals surface area contributed by atoms with Crippen LogP contribution in [0.1, 0.15) is 46.0 Å². The van der Waals surface area contributed by atoms with Crippen molar-refractivity contribution in [3.8, 4) is 0 Å². The third-order valence-corrected chi connectivity index (χ3v) is 5.41. The van der Waals surface area contributed by atoms with Gasteiger partial charge in [0.25, 0.3) is 0 Å². The lowest BCUT2D eigenvalue weighted by atomic mass is 9.65. The molecule has 0 aromatic carbocycles. The van der Waals surface area contributed by atoms with Crippen molar-refractivity contribution in [2.75, 3.05) is 0 Å². The lowest BCUT2D eigenvalue weighted by Gasteiger charge is -2.41. The first-order valence-corrected chi connectivity index (χ1v) is 8.93. The minimum atomic E-state index is -1.06. The Kier molecular flexibility index (Phi) is 6.61. The average molecular weight is 338 g/mol. The molecule has 136 valence electrons. The van der Waals surface area contributed by atoms with Gasteiger partial charge in [0.15, 0.2) is 0 Å². The van der Waals surface area contributed by atoms with Gasteiger partial charge in [-0.2, -0.15) is 0 Å². The highest BCUT2D eigenvalue weighted by Crippen LogP contribution is 2.43. The van der Waals surface area contributed by atoms with Crippen molar-refractivity contribution in [1.29, 1.82) is 0 Å². The maximum Gasteiger partial charge on any atom is 0.305 e. The van der Waals surface area contributed by atoms with Gasteiger partial charge in [0.05, 0.1) is 24.7 Å². The molecule has 0 heterocycles. The molecule has 24 heavy (non-hydrogen) atoms. The Hall–Kier alpha value is -1.17. The van der Waals surface area contributed by atoms with Crippen molar-refractivity contribution in [1.82, 2.24) is 0 Å². The van der Waals surface area contributed by atoms with Crippen LogP contribution in [0.25, 0.3) is 0 Å². The number of carboxylic acid groups (broad SMARTS) is 1. The van der Waals surface area contributed by atoms with Gasteiger partial charge in [0, 0.05) is 5.92 Å². The van der Waals surface area contributed by atoms with E-state index < -0.39 is 18.2 Å². The van der Waals surface area contributed by atoms with Crippen LogP contribution in [0.5, 0.6) is 0 Å². The van der Waals surface area contributed by atoms with Crippen molar-refractivity contribution in [2.24, 2.45) is 23.7 Å². The zero-order chi connectivity index (χ0) is 17.9. The predicted octanol–water partition coefficient (Wildman–Crippen LogP) is 2.12. The van der Waals surface area contributed by atoms with E-state index in [0.29, 0.717) is 18.3 Å². The van der Waals surface area contributed by atoms with Crippen molar-refractivity contribution in [2.45, 2.75) is 64.3 Å². The van der Waals surface area contributed by atoms with Crippen molar-refractivity contribution in [3.05, 3.63) is 23.8 Å². The molecule has 0 aromatic heterocycles. The maximum atomic E-state index is 10.6. The summed E-state index contributed by atoms with van der Waals surface area (Å²) in [6, 6.07) is 0. The van der Waals surface area contributed by atoms with Gasteiger partial charge in [-0.25, -0.2) is 0 Å². The quantitative estimate of drug-likeness (QED) is 0.570. The van der Waals surface area contributed by atoms with Gasteiger partial charge in [-0.15, -0.1) is 0 Å². The van der Waals surface area contributed by atoms with E-state index in [1.807, 2.05) is 0 Å². The van der Waals surface area contributed by atoms with E-state index in [9.17, 15) is 20.1 Å². The Balaban J connectivity index is 1.94. The predicted molar refractivity (Wildman–Crippen MR) is 91.3 cm³/mol. The molecule has 0 aromatic rings. The summed E-state index contributed by atoms with van der Waals surface area (Å²) in [6.45, 7) is 4.25. The molecule has 1 unspecified atom stereocenters. The summed E-state index contributed by atoms with van der Waals surface area (Å²) >= 11 is 0. The zero-order valence-corrected chi connectivity index (χ0v) is 14.5. The number of aliphatic carboxylic acids is 1. The van der Waals surface area contributed by atoms with E-state index in [0.717, 1.165) is 12.8 Å². The molecule has 4 N–H and O–H groups in total. The minimum Gasteiger partial charge on any atom is -0.481 e. The fraction of sp³-hybridized carbons (Fsp3) is 0.737. The van der Waals surface area contributed by atoms with E-state index in [-0.39, 0.29) is 30.8 Å². The summed E-state index contributed by atoms with van der Waals surface area (Å²) in [7, 11) is 0. The van der Waals surface area contributed by atoms with Gasteiger partial charge in [0.2, 0.25) is 0 Å². The van der Waals surface area contributed by atoms with Crippen molar-refractivity contribution >= 4 is 5.97 Å². The molecule has 0 amide bonds. The van der Waals surface area contributed by atoms with Gasteiger partial charge >= 0.3 is 5.97 Å². The molecule has 0 bridgehead atoms. The molecule has 7 atom stereocenters. The molecule has 5 heteroatoms. The summed E-state index contributed by atoms with van der Waals surface area (Å²) in [4.78, 5) is 10.6. The van der Waals surface area contributed by atoms with Crippen LogP contribution in [-0.4, -0.2) is 44.7 Å². The highest BCUT2D eigenvalue weighted by molar-refractivity contribution is 5.67. The van der Waals surface area contributed by atoms with Crippen LogP contribution in [0.4, 0.5) is 0 Å². The summed E-state index contributed by atoms with van der Waals surface area (Å²) in [5.74, 6) is 0.00962. The summed E-state index contributed by atoms with van der Waals surface area (Å²) in [6.07, 6.45) is 6.20. The van der Waals surface area contributed by atoms with E-state index in [1.165, 1.54) is 5.57 Å². The Labute approximate surface area is 143 Å². The van der Waals surface area contributed by atoms with E-state index in [1.54, 1.807) is 0 Å². The molecule has 2 rings (SSSR count). The Morgan fingerprint density at radius 1 is 1.29 bits per heavy atom. The number of hydrogen-bond acceptors (Lipinski definition) is 4. The second-order valence-electron chi connectivity index (χ2n) is 7.57. The topological polar surface area (TPSA) is 98.0 Å². The molecule has 0 spiro atoms. The van der Waals surface area contributed by atoms with Gasteiger partial charge in [-0.05, 0) is 49.0 Å². The van der Waals surface area contributed by atoms with Crippen LogP contribution in [0, 0.1) is 23.7 Å². The zero-order valence-electron chi connectivity index (χ0n) is 14.5. The molecule has 0 saturated heterocycles. The highest BCUT2D eigenvalue weighted by atomic mass is 16.4. The first-order chi connectivity index (χ1) is 11.3. The minimum absolute atomic E-state index is 0.0796. The maximum absolute atomic E-state index is 10.6. The second kappa shape index (κ2) is 8.28. The average Bonchev–Trinajstić information content (AvgIpc) is 2.45. The number of hydrogen-bond donors (Lipinski definition) is 4. The lowest BCUT2D eigenvalue weighted by Crippen LogP contribution is -2.38. The fourth-order valence-electron chi connectivity index (χ4n) is 4.23. The molecule has 2 aliphatic carbocycles. The second-order valence-corrected chi connectivity index (χ2v) is 7.57. The smallest absolute Gasteiger partial charge is 0.305 e. The van der Waals surface area contributed by atoms with Gasteiger partial charge in [0.1, 0.15) is 0 Å². The number of aliphatic hydroxyl groups excluding tert-OH is 3. The van der Waals surface area contributed by atoms with Gasteiger partial charge in [-0.3, -0.25) is 4.79 Å². The van der Waals surface area contributed by atoms with Crippen LogP contribution in [0.2, 0.25) is 0 Å².